The molecule has 0 spiro atoms. The molecule has 0 fully saturated rings. The van der Waals surface area contributed by atoms with Gasteiger partial charge in [-0.1, -0.05) is 38.1 Å². The van der Waals surface area contributed by atoms with E-state index in [0.717, 1.165) is 31.4 Å². The van der Waals surface area contributed by atoms with E-state index in [4.69, 9.17) is 4.99 Å². The second-order valence-corrected chi connectivity index (χ2v) is 7.26. The Morgan fingerprint density at radius 1 is 1.12 bits per heavy atom. The van der Waals surface area contributed by atoms with E-state index in [1.54, 1.807) is 6.20 Å². The average Bonchev–Trinajstić information content (AvgIpc) is 3.12. The summed E-state index contributed by atoms with van der Waals surface area (Å²) in [4.78, 5) is 8.82. The number of guanidine groups is 1. The molecule has 0 saturated heterocycles. The fourth-order valence-corrected chi connectivity index (χ4v) is 2.72. The molecule has 0 radical (unpaired) electrons. The van der Waals surface area contributed by atoms with Crippen molar-refractivity contribution >= 4 is 5.96 Å². The Bertz CT molecular complexity index is 644. The van der Waals surface area contributed by atoms with Crippen LogP contribution in [-0.4, -0.2) is 28.1 Å². The quantitative estimate of drug-likeness (QED) is 0.531. The summed E-state index contributed by atoms with van der Waals surface area (Å²) in [5.74, 6) is 1.63. The minimum atomic E-state index is 0.424. The number of aromatic nitrogens is 2. The third kappa shape index (κ3) is 7.30. The lowest BCUT2D eigenvalue weighted by Gasteiger charge is -2.18. The number of hydrogen-bond donors (Lipinski definition) is 2. The predicted octanol–water partition coefficient (Wildman–Crippen LogP) is 3.81. The summed E-state index contributed by atoms with van der Waals surface area (Å²) < 4.78 is 2.07. The van der Waals surface area contributed by atoms with Crippen LogP contribution in [0.2, 0.25) is 0 Å². The summed E-state index contributed by atoms with van der Waals surface area (Å²) in [6, 6.07) is 9.06. The molecule has 26 heavy (non-hydrogen) atoms. The highest BCUT2D eigenvalue weighted by atomic mass is 15.2. The highest BCUT2D eigenvalue weighted by Crippen LogP contribution is 2.08. The van der Waals surface area contributed by atoms with Crippen molar-refractivity contribution in [2.75, 3.05) is 6.54 Å². The van der Waals surface area contributed by atoms with Crippen LogP contribution in [0.4, 0.5) is 0 Å². The molecule has 2 aromatic rings. The lowest BCUT2D eigenvalue weighted by molar-refractivity contribution is 0.489. The number of nitrogens with zero attached hydrogens (tertiary/aromatic N) is 3. The van der Waals surface area contributed by atoms with Crippen LogP contribution in [0.1, 0.15) is 51.7 Å². The Hall–Kier alpha value is -2.30. The van der Waals surface area contributed by atoms with E-state index in [0.29, 0.717) is 12.6 Å². The number of rotatable bonds is 9. The van der Waals surface area contributed by atoms with E-state index < -0.39 is 0 Å². The summed E-state index contributed by atoms with van der Waals surface area (Å²) >= 11 is 0. The van der Waals surface area contributed by atoms with E-state index in [9.17, 15) is 0 Å². The Kier molecular flexibility index (Phi) is 8.19. The maximum atomic E-state index is 4.74. The summed E-state index contributed by atoms with van der Waals surface area (Å²) in [6.07, 6.45) is 8.01. The summed E-state index contributed by atoms with van der Waals surface area (Å²) in [5, 5.41) is 6.85. The minimum Gasteiger partial charge on any atom is -0.357 e. The van der Waals surface area contributed by atoms with E-state index in [1.807, 2.05) is 12.5 Å². The normalized spacial score (nSPS) is 13.0. The SMILES string of the molecule is CCNC(=NCc1ccc(Cn2ccnc2)cc1)NC(C)CCC(C)C. The van der Waals surface area contributed by atoms with E-state index in [1.165, 1.54) is 17.5 Å². The van der Waals surface area contributed by atoms with Crippen molar-refractivity contribution in [3.8, 4) is 0 Å². The van der Waals surface area contributed by atoms with Crippen molar-refractivity contribution < 1.29 is 0 Å². The van der Waals surface area contributed by atoms with Gasteiger partial charge < -0.3 is 15.2 Å². The standard InChI is InChI=1S/C21H33N5/c1-5-23-21(25-18(4)7-6-17(2)3)24-14-19-8-10-20(11-9-19)15-26-13-12-22-16-26/h8-13,16-18H,5-7,14-15H2,1-4H3,(H2,23,24,25). The summed E-state index contributed by atoms with van der Waals surface area (Å²) in [5.41, 5.74) is 2.48. The fraction of sp³-hybridized carbons (Fsp3) is 0.524. The van der Waals surface area contributed by atoms with Gasteiger partial charge in [-0.3, -0.25) is 0 Å². The van der Waals surface area contributed by atoms with Gasteiger partial charge in [0.15, 0.2) is 5.96 Å². The molecule has 2 rings (SSSR count). The van der Waals surface area contributed by atoms with Gasteiger partial charge in [0.25, 0.3) is 0 Å². The first-order valence-corrected chi connectivity index (χ1v) is 9.65. The molecule has 0 aliphatic carbocycles. The molecule has 0 aliphatic heterocycles. The van der Waals surface area contributed by atoms with Crippen LogP contribution in [0.25, 0.3) is 0 Å². The first-order chi connectivity index (χ1) is 12.6. The monoisotopic (exact) mass is 355 g/mol. The molecule has 2 N–H and O–H groups in total. The highest BCUT2D eigenvalue weighted by molar-refractivity contribution is 5.80. The second-order valence-electron chi connectivity index (χ2n) is 7.26. The van der Waals surface area contributed by atoms with E-state index >= 15 is 0 Å². The molecule has 0 aliphatic rings. The number of aliphatic imine (C=N–C) groups is 1. The third-order valence-electron chi connectivity index (χ3n) is 4.27. The van der Waals surface area contributed by atoms with Crippen LogP contribution in [-0.2, 0) is 13.1 Å². The molecular weight excluding hydrogens is 322 g/mol. The van der Waals surface area contributed by atoms with Crippen molar-refractivity contribution in [3.63, 3.8) is 0 Å². The van der Waals surface area contributed by atoms with Crippen molar-refractivity contribution in [2.45, 2.75) is 59.7 Å². The fourth-order valence-electron chi connectivity index (χ4n) is 2.72. The van der Waals surface area contributed by atoms with Gasteiger partial charge in [-0.2, -0.15) is 0 Å². The molecule has 0 bridgehead atoms. The molecule has 0 saturated carbocycles. The number of nitrogens with one attached hydrogen (secondary N) is 2. The van der Waals surface area contributed by atoms with Gasteiger partial charge in [0, 0.05) is 31.5 Å². The van der Waals surface area contributed by atoms with Crippen molar-refractivity contribution in [1.29, 1.82) is 0 Å². The van der Waals surface area contributed by atoms with Crippen LogP contribution in [0.5, 0.6) is 0 Å². The first kappa shape index (κ1) is 20.0. The van der Waals surface area contributed by atoms with Gasteiger partial charge in [0.1, 0.15) is 0 Å². The van der Waals surface area contributed by atoms with Gasteiger partial charge in [-0.25, -0.2) is 9.98 Å². The lowest BCUT2D eigenvalue weighted by atomic mass is 10.0. The molecule has 1 aromatic heterocycles. The van der Waals surface area contributed by atoms with Gasteiger partial charge in [0.2, 0.25) is 0 Å². The van der Waals surface area contributed by atoms with Crippen LogP contribution in [0.3, 0.4) is 0 Å². The van der Waals surface area contributed by atoms with Gasteiger partial charge in [0.05, 0.1) is 12.9 Å². The molecule has 5 nitrogen and oxygen atoms in total. The zero-order valence-corrected chi connectivity index (χ0v) is 16.6. The van der Waals surface area contributed by atoms with Gasteiger partial charge in [-0.15, -0.1) is 0 Å². The lowest BCUT2D eigenvalue weighted by Crippen LogP contribution is -2.42. The van der Waals surface area contributed by atoms with Crippen LogP contribution in [0, 0.1) is 5.92 Å². The maximum absolute atomic E-state index is 4.74. The molecule has 5 heteroatoms. The molecular formula is C21H33N5. The smallest absolute Gasteiger partial charge is 0.191 e. The van der Waals surface area contributed by atoms with Gasteiger partial charge in [-0.05, 0) is 43.7 Å². The van der Waals surface area contributed by atoms with Crippen LogP contribution in [0.15, 0.2) is 48.0 Å². The van der Waals surface area contributed by atoms with Crippen LogP contribution >= 0.6 is 0 Å². The van der Waals surface area contributed by atoms with Crippen molar-refractivity contribution in [2.24, 2.45) is 10.9 Å². The minimum absolute atomic E-state index is 0.424. The number of imidazole rings is 1. The second kappa shape index (κ2) is 10.6. The molecule has 0 amide bonds. The molecule has 1 heterocycles. The van der Waals surface area contributed by atoms with Gasteiger partial charge >= 0.3 is 0 Å². The Morgan fingerprint density at radius 3 is 2.46 bits per heavy atom. The largest absolute Gasteiger partial charge is 0.357 e. The summed E-state index contributed by atoms with van der Waals surface area (Å²) in [6.45, 7) is 11.2. The topological polar surface area (TPSA) is 54.2 Å². The van der Waals surface area contributed by atoms with Crippen molar-refractivity contribution in [3.05, 3.63) is 54.1 Å². The molecule has 1 unspecified atom stereocenters. The van der Waals surface area contributed by atoms with E-state index in [2.05, 4.69) is 72.1 Å². The Morgan fingerprint density at radius 2 is 1.85 bits per heavy atom. The zero-order valence-electron chi connectivity index (χ0n) is 16.6. The Balaban J connectivity index is 1.89. The predicted molar refractivity (Wildman–Crippen MR) is 109 cm³/mol. The summed E-state index contributed by atoms with van der Waals surface area (Å²) in [7, 11) is 0. The average molecular weight is 356 g/mol. The zero-order chi connectivity index (χ0) is 18.8. The van der Waals surface area contributed by atoms with Crippen molar-refractivity contribution in [1.82, 2.24) is 20.2 Å². The number of benzene rings is 1. The molecule has 1 atom stereocenters. The first-order valence-electron chi connectivity index (χ1n) is 9.65. The highest BCUT2D eigenvalue weighted by Gasteiger charge is 2.06. The molecule has 142 valence electrons. The van der Waals surface area contributed by atoms with E-state index in [-0.39, 0.29) is 0 Å². The van der Waals surface area contributed by atoms with Crippen LogP contribution < -0.4 is 10.6 Å². The number of hydrogen-bond acceptors (Lipinski definition) is 2. The Labute approximate surface area is 158 Å². The maximum Gasteiger partial charge on any atom is 0.191 e. The third-order valence-corrected chi connectivity index (χ3v) is 4.27. The molecule has 1 aromatic carbocycles.